The summed E-state index contributed by atoms with van der Waals surface area (Å²) >= 11 is 0. The second-order valence-electron chi connectivity index (χ2n) is 10.0. The molecule has 0 bridgehead atoms. The van der Waals surface area contributed by atoms with Gasteiger partial charge >= 0.3 is 6.18 Å². The van der Waals surface area contributed by atoms with Gasteiger partial charge in [0.25, 0.3) is 5.91 Å². The van der Waals surface area contributed by atoms with Crippen LogP contribution in [0.25, 0.3) is 10.9 Å². The van der Waals surface area contributed by atoms with Gasteiger partial charge in [-0.15, -0.1) is 0 Å². The van der Waals surface area contributed by atoms with Crippen molar-refractivity contribution in [2.75, 3.05) is 12.0 Å². The first-order chi connectivity index (χ1) is 17.8. The summed E-state index contributed by atoms with van der Waals surface area (Å²) in [6.45, 7) is 2.62. The third-order valence-corrected chi connectivity index (χ3v) is 6.87. The highest BCUT2D eigenvalue weighted by Gasteiger charge is 2.34. The zero-order valence-corrected chi connectivity index (χ0v) is 21.0. The summed E-state index contributed by atoms with van der Waals surface area (Å²) in [4.78, 5) is 20.5. The molecule has 2 aromatic rings. The van der Waals surface area contributed by atoms with Gasteiger partial charge in [-0.3, -0.25) is 15.1 Å². The lowest BCUT2D eigenvalue weighted by Gasteiger charge is -2.31. The molecule has 3 atom stereocenters. The van der Waals surface area contributed by atoms with Crippen LogP contribution in [0, 0.1) is 0 Å². The maximum Gasteiger partial charge on any atom is 0.433 e. The van der Waals surface area contributed by atoms with Crippen molar-refractivity contribution in [2.24, 2.45) is 4.99 Å². The lowest BCUT2D eigenvalue weighted by Crippen LogP contribution is -2.45. The van der Waals surface area contributed by atoms with E-state index in [2.05, 4.69) is 25.9 Å². The number of aromatic hydroxyl groups is 1. The maximum atomic E-state index is 13.4. The number of nitrogens with one attached hydrogen (secondary N) is 3. The summed E-state index contributed by atoms with van der Waals surface area (Å²) < 4.78 is 66.8. The minimum absolute atomic E-state index is 0.0102. The van der Waals surface area contributed by atoms with Crippen LogP contribution in [-0.4, -0.2) is 52.9 Å². The van der Waals surface area contributed by atoms with Crippen molar-refractivity contribution in [1.82, 2.24) is 15.6 Å². The van der Waals surface area contributed by atoms with Crippen molar-refractivity contribution >= 4 is 28.7 Å². The van der Waals surface area contributed by atoms with E-state index < -0.39 is 30.3 Å². The normalized spacial score (nSPS) is 22.2. The number of phenolic OH excluding ortho intramolecular Hbond substituents is 1. The third kappa shape index (κ3) is 6.77. The van der Waals surface area contributed by atoms with Gasteiger partial charge in [-0.25, -0.2) is 13.8 Å². The van der Waals surface area contributed by atoms with Crippen molar-refractivity contribution in [3.63, 3.8) is 0 Å². The van der Waals surface area contributed by atoms with Gasteiger partial charge in [0.05, 0.1) is 23.8 Å². The molecule has 1 aliphatic heterocycles. The van der Waals surface area contributed by atoms with E-state index in [-0.39, 0.29) is 41.6 Å². The largest absolute Gasteiger partial charge is 0.508 e. The van der Waals surface area contributed by atoms with Gasteiger partial charge in [-0.1, -0.05) is 0 Å². The number of hydrogen-bond acceptors (Lipinski definition) is 6. The van der Waals surface area contributed by atoms with Gasteiger partial charge in [0, 0.05) is 35.8 Å². The number of nitrogens with zero attached hydrogens (tertiary/aromatic N) is 2. The van der Waals surface area contributed by atoms with Crippen LogP contribution in [0.3, 0.4) is 0 Å². The van der Waals surface area contributed by atoms with Crippen molar-refractivity contribution in [3.8, 4) is 5.75 Å². The number of phenols is 1. The molecule has 0 spiro atoms. The zero-order valence-electron chi connectivity index (χ0n) is 21.0. The van der Waals surface area contributed by atoms with Gasteiger partial charge in [0.15, 0.2) is 0 Å². The quantitative estimate of drug-likeness (QED) is 0.275. The summed E-state index contributed by atoms with van der Waals surface area (Å²) in [6.07, 6.45) is -0.735. The highest BCUT2D eigenvalue weighted by atomic mass is 19.4. The molecule has 7 nitrogen and oxygen atoms in total. The number of halogens is 5. The minimum atomic E-state index is -4.63. The molecule has 4 rings (SSSR count). The second kappa shape index (κ2) is 10.8. The number of amides is 1. The summed E-state index contributed by atoms with van der Waals surface area (Å²) in [7, 11) is 0. The molecule has 1 amide bonds. The fourth-order valence-corrected chi connectivity index (χ4v) is 4.91. The van der Waals surface area contributed by atoms with Gasteiger partial charge in [0.1, 0.15) is 11.4 Å². The monoisotopic (exact) mass is 539 g/mol. The number of benzene rings is 1. The predicted molar refractivity (Wildman–Crippen MR) is 134 cm³/mol. The van der Waals surface area contributed by atoms with Crippen LogP contribution in [0.5, 0.6) is 5.75 Å². The number of aromatic nitrogens is 1. The van der Waals surface area contributed by atoms with E-state index in [0.29, 0.717) is 23.0 Å². The molecule has 4 N–H and O–H groups in total. The lowest BCUT2D eigenvalue weighted by atomic mass is 9.90. The Morgan fingerprint density at radius 2 is 1.87 bits per heavy atom. The van der Waals surface area contributed by atoms with Crippen LogP contribution in [0.1, 0.15) is 51.6 Å². The summed E-state index contributed by atoms with van der Waals surface area (Å²) in [5.74, 6) is -3.32. The molecule has 2 heterocycles. The van der Waals surface area contributed by atoms with E-state index in [9.17, 15) is 31.9 Å². The van der Waals surface area contributed by atoms with Gasteiger partial charge < -0.3 is 15.7 Å². The second-order valence-corrected chi connectivity index (χ2v) is 10.0. The summed E-state index contributed by atoms with van der Waals surface area (Å²) in [5, 5.41) is 19.4. The first-order valence-corrected chi connectivity index (χ1v) is 12.4. The van der Waals surface area contributed by atoms with E-state index >= 15 is 0 Å². The molecule has 12 heteroatoms. The Labute approximate surface area is 216 Å². The average molecular weight is 540 g/mol. The van der Waals surface area contributed by atoms with E-state index in [1.54, 1.807) is 6.92 Å². The van der Waals surface area contributed by atoms with Crippen molar-refractivity contribution < 1.29 is 31.9 Å². The first-order valence-electron chi connectivity index (χ1n) is 12.4. The van der Waals surface area contributed by atoms with Crippen LogP contribution >= 0.6 is 0 Å². The van der Waals surface area contributed by atoms with Crippen LogP contribution in [0.2, 0.25) is 0 Å². The molecule has 1 aromatic carbocycles. The molecule has 3 unspecified atom stereocenters. The Hall–Kier alpha value is -3.28. The summed E-state index contributed by atoms with van der Waals surface area (Å²) in [6, 6.07) is 4.00. The molecule has 1 fully saturated rings. The molecular formula is C26H30F5N5O2. The highest BCUT2D eigenvalue weighted by molar-refractivity contribution is 6.14. The highest BCUT2D eigenvalue weighted by Crippen LogP contribution is 2.34. The molecule has 1 saturated carbocycles. The van der Waals surface area contributed by atoms with Gasteiger partial charge in [-0.2, -0.15) is 13.2 Å². The average Bonchev–Trinajstić information content (AvgIpc) is 3.17. The molecule has 0 radical (unpaired) electrons. The number of rotatable bonds is 8. The van der Waals surface area contributed by atoms with Crippen molar-refractivity contribution in [2.45, 2.75) is 76.2 Å². The van der Waals surface area contributed by atoms with Crippen molar-refractivity contribution in [3.05, 3.63) is 41.1 Å². The van der Waals surface area contributed by atoms with E-state index in [1.165, 1.54) is 24.4 Å². The molecule has 1 aromatic heterocycles. The number of pyridine rings is 1. The fraction of sp³-hybridized carbons (Fsp3) is 0.500. The maximum absolute atomic E-state index is 13.4. The summed E-state index contributed by atoms with van der Waals surface area (Å²) in [5.41, 5.74) is 0.0763. The molecule has 0 saturated heterocycles. The Kier molecular flexibility index (Phi) is 7.91. The van der Waals surface area contributed by atoms with Gasteiger partial charge in [-0.05, 0) is 69.4 Å². The molecular weight excluding hydrogens is 509 g/mol. The number of aliphatic imine (C=N–C) groups is 1. The molecule has 2 aliphatic rings. The smallest absolute Gasteiger partial charge is 0.433 e. The number of hydrogen-bond donors (Lipinski definition) is 4. The first kappa shape index (κ1) is 27.7. The zero-order chi connectivity index (χ0) is 27.7. The number of alkyl halides is 5. The lowest BCUT2D eigenvalue weighted by molar-refractivity contribution is -0.140. The topological polar surface area (TPSA) is 98.6 Å². The third-order valence-electron chi connectivity index (χ3n) is 6.87. The number of carbonyl (C=O) groups excluding carboxylic acids is 1. The Morgan fingerprint density at radius 1 is 1.13 bits per heavy atom. The van der Waals surface area contributed by atoms with Gasteiger partial charge in [0.2, 0.25) is 5.92 Å². The number of fused-ring (bicyclic) bond motifs is 1. The molecule has 206 valence electrons. The predicted octanol–water partition coefficient (Wildman–Crippen LogP) is 5.16. The Bertz CT molecular complexity index is 1260. The van der Waals surface area contributed by atoms with Crippen LogP contribution in [0.4, 0.5) is 27.6 Å². The van der Waals surface area contributed by atoms with E-state index in [1.807, 2.05) is 0 Å². The molecule has 1 aliphatic carbocycles. The van der Waals surface area contributed by atoms with E-state index in [0.717, 1.165) is 32.3 Å². The minimum Gasteiger partial charge on any atom is -0.508 e. The Balaban J connectivity index is 1.35. The molecule has 38 heavy (non-hydrogen) atoms. The van der Waals surface area contributed by atoms with Crippen LogP contribution in [0.15, 0.2) is 40.4 Å². The van der Waals surface area contributed by atoms with E-state index in [4.69, 9.17) is 0 Å². The van der Waals surface area contributed by atoms with Crippen molar-refractivity contribution in [1.29, 1.82) is 0 Å². The Morgan fingerprint density at radius 3 is 2.58 bits per heavy atom. The van der Waals surface area contributed by atoms with Crippen LogP contribution in [-0.2, 0) is 11.0 Å². The fourth-order valence-electron chi connectivity index (χ4n) is 4.91. The number of anilines is 1. The number of carbonyl (C=O) groups is 1. The SMILES string of the molecule is CC1=C(C(=O)NC2CCCC(NCNc3cc(C(F)(F)F)nc4ccc(O)cc34)C2)C=NC1CC(C)(F)F. The van der Waals surface area contributed by atoms with Crippen LogP contribution < -0.4 is 16.0 Å². The standard InChI is InChI=1S/C26H30F5N5O2/c1-14-19(12-32-22(14)11-25(2,27)28)24(38)35-16-5-3-4-15(8-16)33-13-34-21-10-23(26(29,30)31)36-20-7-6-17(37)9-18(20)21/h6-7,9-10,12,15-16,22,33,37H,3-5,8,11,13H2,1-2H3,(H,34,36)(H,35,38).